The highest BCUT2D eigenvalue weighted by Crippen LogP contribution is 2.09. The molecule has 0 radical (unpaired) electrons. The maximum atomic E-state index is 12.7. The Balaban J connectivity index is 1.69. The van der Waals surface area contributed by atoms with Crippen molar-refractivity contribution in [2.24, 2.45) is 0 Å². The van der Waals surface area contributed by atoms with Crippen LogP contribution in [0.1, 0.15) is 23.2 Å². The molecule has 21 heavy (non-hydrogen) atoms. The molecule has 2 rings (SSSR count). The number of Topliss-reactive ketones (excluding diaryl/α,β-unsaturated/α-hetero) is 1. The summed E-state index contributed by atoms with van der Waals surface area (Å²) in [5, 5.41) is 0. The summed E-state index contributed by atoms with van der Waals surface area (Å²) >= 11 is 0. The van der Waals surface area contributed by atoms with Crippen molar-refractivity contribution in [3.8, 4) is 0 Å². The highest BCUT2D eigenvalue weighted by molar-refractivity contribution is 5.96. The van der Waals surface area contributed by atoms with Crippen molar-refractivity contribution in [1.29, 1.82) is 0 Å². The van der Waals surface area contributed by atoms with Gasteiger partial charge in [-0.05, 0) is 30.7 Å². The summed E-state index contributed by atoms with van der Waals surface area (Å²) in [6.45, 7) is 0.819. The molecule has 112 valence electrons. The van der Waals surface area contributed by atoms with Gasteiger partial charge in [-0.3, -0.25) is 4.79 Å². The van der Waals surface area contributed by atoms with E-state index in [2.05, 4.69) is 0 Å². The van der Waals surface area contributed by atoms with E-state index < -0.39 is 5.97 Å². The highest BCUT2D eigenvalue weighted by atomic mass is 19.1. The molecule has 0 bridgehead atoms. The van der Waals surface area contributed by atoms with Crippen molar-refractivity contribution in [3.63, 3.8) is 0 Å². The Bertz CT molecular complexity index is 535. The number of hydrogen-bond donors (Lipinski definition) is 0. The molecule has 0 saturated carbocycles. The Labute approximate surface area is 121 Å². The van der Waals surface area contributed by atoms with E-state index in [1.807, 2.05) is 0 Å². The minimum Gasteiger partial charge on any atom is -0.493 e. The molecule has 0 amide bonds. The molecule has 0 saturated heterocycles. The molecule has 1 heterocycles. The van der Waals surface area contributed by atoms with Crippen molar-refractivity contribution in [3.05, 3.63) is 47.7 Å². The standard InChI is InChI=1S/C15H15FO5/c16-12-5-3-11(4-6-12)13(17)2-1-7-21-15(18)14-10-19-8-9-20-14/h3-6,10H,1-2,7-9H2. The molecule has 1 aliphatic rings. The fourth-order valence-corrected chi connectivity index (χ4v) is 1.72. The summed E-state index contributed by atoms with van der Waals surface area (Å²) in [5.41, 5.74) is 0.439. The summed E-state index contributed by atoms with van der Waals surface area (Å²) in [4.78, 5) is 23.3. The quantitative estimate of drug-likeness (QED) is 0.457. The van der Waals surface area contributed by atoms with Crippen LogP contribution in [0.25, 0.3) is 0 Å². The molecule has 1 aromatic rings. The smallest absolute Gasteiger partial charge is 0.376 e. The highest BCUT2D eigenvalue weighted by Gasteiger charge is 2.16. The monoisotopic (exact) mass is 294 g/mol. The first-order valence-corrected chi connectivity index (χ1v) is 6.57. The van der Waals surface area contributed by atoms with Crippen LogP contribution in [-0.4, -0.2) is 31.6 Å². The zero-order chi connectivity index (χ0) is 15.1. The number of carbonyl (C=O) groups excluding carboxylic acids is 2. The average molecular weight is 294 g/mol. The molecule has 5 nitrogen and oxygen atoms in total. The van der Waals surface area contributed by atoms with E-state index in [1.165, 1.54) is 30.5 Å². The lowest BCUT2D eigenvalue weighted by Gasteiger charge is -2.14. The lowest BCUT2D eigenvalue weighted by molar-refractivity contribution is -0.144. The number of esters is 1. The van der Waals surface area contributed by atoms with Gasteiger partial charge in [-0.1, -0.05) is 0 Å². The molecule has 0 spiro atoms. The fraction of sp³-hybridized carbons (Fsp3) is 0.333. The second kappa shape index (κ2) is 7.42. The van der Waals surface area contributed by atoms with E-state index in [9.17, 15) is 14.0 Å². The van der Waals surface area contributed by atoms with Gasteiger partial charge in [0.15, 0.2) is 5.78 Å². The second-order valence-corrected chi connectivity index (χ2v) is 4.37. The van der Waals surface area contributed by atoms with Crippen LogP contribution in [0.3, 0.4) is 0 Å². The van der Waals surface area contributed by atoms with E-state index in [0.29, 0.717) is 25.2 Å². The predicted molar refractivity (Wildman–Crippen MR) is 70.9 cm³/mol. The first-order valence-electron chi connectivity index (χ1n) is 6.57. The molecular formula is C15H15FO5. The van der Waals surface area contributed by atoms with Crippen molar-refractivity contribution in [2.45, 2.75) is 12.8 Å². The van der Waals surface area contributed by atoms with Gasteiger partial charge in [-0.25, -0.2) is 9.18 Å². The molecule has 0 fully saturated rings. The summed E-state index contributed by atoms with van der Waals surface area (Å²) in [6, 6.07) is 5.34. The van der Waals surface area contributed by atoms with Crippen molar-refractivity contribution in [2.75, 3.05) is 19.8 Å². The third kappa shape index (κ3) is 4.59. The third-order valence-corrected chi connectivity index (χ3v) is 2.80. The Morgan fingerprint density at radius 1 is 1.19 bits per heavy atom. The van der Waals surface area contributed by atoms with Gasteiger partial charge in [0.1, 0.15) is 25.3 Å². The van der Waals surface area contributed by atoms with Crippen molar-refractivity contribution >= 4 is 11.8 Å². The van der Waals surface area contributed by atoms with E-state index in [-0.39, 0.29) is 30.4 Å². The molecule has 6 heteroatoms. The zero-order valence-corrected chi connectivity index (χ0v) is 11.3. The van der Waals surface area contributed by atoms with Gasteiger partial charge in [0.05, 0.1) is 6.61 Å². The summed E-state index contributed by atoms with van der Waals surface area (Å²) < 4.78 is 27.7. The van der Waals surface area contributed by atoms with Crippen LogP contribution in [0.2, 0.25) is 0 Å². The van der Waals surface area contributed by atoms with Crippen LogP contribution < -0.4 is 0 Å². The van der Waals surface area contributed by atoms with Gasteiger partial charge in [0.2, 0.25) is 5.76 Å². The van der Waals surface area contributed by atoms with Gasteiger partial charge in [0, 0.05) is 12.0 Å². The number of benzene rings is 1. The lowest BCUT2D eigenvalue weighted by Crippen LogP contribution is -2.18. The SMILES string of the molecule is O=C(OCCCC(=O)c1ccc(F)cc1)C1=COCCO1. The summed E-state index contributed by atoms with van der Waals surface area (Å²) in [7, 11) is 0. The maximum absolute atomic E-state index is 12.7. The minimum atomic E-state index is -0.607. The Kier molecular flexibility index (Phi) is 5.31. The number of ketones is 1. The maximum Gasteiger partial charge on any atom is 0.376 e. The number of rotatable bonds is 6. The van der Waals surface area contributed by atoms with Crippen LogP contribution in [0.4, 0.5) is 4.39 Å². The van der Waals surface area contributed by atoms with Crippen LogP contribution in [0.15, 0.2) is 36.3 Å². The van der Waals surface area contributed by atoms with Crippen LogP contribution in [0, 0.1) is 5.82 Å². The first-order chi connectivity index (χ1) is 10.2. The van der Waals surface area contributed by atoms with E-state index >= 15 is 0 Å². The van der Waals surface area contributed by atoms with E-state index in [1.54, 1.807) is 0 Å². The summed E-state index contributed by atoms with van der Waals surface area (Å²) in [5.74, 6) is -1.08. The normalized spacial score (nSPS) is 13.7. The Morgan fingerprint density at radius 3 is 2.62 bits per heavy atom. The average Bonchev–Trinajstić information content (AvgIpc) is 2.52. The molecule has 0 aromatic heterocycles. The topological polar surface area (TPSA) is 61.8 Å². The molecule has 1 aliphatic heterocycles. The number of ether oxygens (including phenoxy) is 3. The van der Waals surface area contributed by atoms with Crippen molar-refractivity contribution in [1.82, 2.24) is 0 Å². The fourth-order valence-electron chi connectivity index (χ4n) is 1.72. The summed E-state index contributed by atoms with van der Waals surface area (Å²) in [6.07, 6.45) is 1.82. The number of carbonyl (C=O) groups is 2. The van der Waals surface area contributed by atoms with Gasteiger partial charge < -0.3 is 14.2 Å². The first kappa shape index (κ1) is 15.0. The molecule has 0 atom stereocenters. The minimum absolute atomic E-state index is 0.0334. The van der Waals surface area contributed by atoms with Crippen LogP contribution in [0.5, 0.6) is 0 Å². The van der Waals surface area contributed by atoms with Crippen LogP contribution in [-0.2, 0) is 19.0 Å². The largest absolute Gasteiger partial charge is 0.493 e. The molecular weight excluding hydrogens is 279 g/mol. The second-order valence-electron chi connectivity index (χ2n) is 4.37. The number of hydrogen-bond acceptors (Lipinski definition) is 5. The van der Waals surface area contributed by atoms with Gasteiger partial charge in [-0.15, -0.1) is 0 Å². The van der Waals surface area contributed by atoms with Gasteiger partial charge >= 0.3 is 5.97 Å². The lowest BCUT2D eigenvalue weighted by atomic mass is 10.1. The third-order valence-electron chi connectivity index (χ3n) is 2.80. The van der Waals surface area contributed by atoms with Gasteiger partial charge in [0.25, 0.3) is 0 Å². The molecule has 1 aromatic carbocycles. The Morgan fingerprint density at radius 2 is 1.95 bits per heavy atom. The molecule has 0 unspecified atom stereocenters. The van der Waals surface area contributed by atoms with Crippen LogP contribution >= 0.6 is 0 Å². The predicted octanol–water partition coefficient (Wildman–Crippen LogP) is 2.22. The zero-order valence-electron chi connectivity index (χ0n) is 11.3. The number of halogens is 1. The molecule has 0 aliphatic carbocycles. The van der Waals surface area contributed by atoms with E-state index in [4.69, 9.17) is 14.2 Å². The Hall–Kier alpha value is -2.37. The van der Waals surface area contributed by atoms with E-state index in [0.717, 1.165) is 0 Å². The van der Waals surface area contributed by atoms with Gasteiger partial charge in [-0.2, -0.15) is 0 Å². The molecule has 0 N–H and O–H groups in total. The van der Waals surface area contributed by atoms with Crippen molar-refractivity contribution < 1.29 is 28.2 Å².